The van der Waals surface area contributed by atoms with Crippen molar-refractivity contribution in [2.45, 2.75) is 37.8 Å². The third-order valence-corrected chi connectivity index (χ3v) is 7.09. The van der Waals surface area contributed by atoms with Crippen LogP contribution in [0.3, 0.4) is 0 Å². The summed E-state index contributed by atoms with van der Waals surface area (Å²) in [5.74, 6) is 0. The van der Waals surface area contributed by atoms with Gasteiger partial charge in [-0.15, -0.1) is 0 Å². The van der Waals surface area contributed by atoms with Crippen molar-refractivity contribution in [2.24, 2.45) is 23.3 Å². The van der Waals surface area contributed by atoms with Crippen LogP contribution in [0.5, 0.6) is 0 Å². The molecule has 5 nitrogen and oxygen atoms in total. The lowest BCUT2D eigenvalue weighted by Crippen LogP contribution is -2.61. The summed E-state index contributed by atoms with van der Waals surface area (Å²) in [7, 11) is 1.59. The van der Waals surface area contributed by atoms with Gasteiger partial charge in [0.25, 0.3) is 0 Å². The summed E-state index contributed by atoms with van der Waals surface area (Å²) in [6.45, 7) is 0. The molecular weight excluding hydrogens is 266 g/mol. The van der Waals surface area contributed by atoms with E-state index in [1.165, 1.54) is 30.3 Å². The molecule has 108 valence electrons. The molecule has 2 fully saturated rings. The van der Waals surface area contributed by atoms with Crippen molar-refractivity contribution in [3.05, 3.63) is 45.3 Å². The van der Waals surface area contributed by atoms with E-state index in [2.05, 4.69) is 24.3 Å². The van der Waals surface area contributed by atoms with Crippen LogP contribution in [-0.4, -0.2) is 13.9 Å². The highest BCUT2D eigenvalue weighted by Crippen LogP contribution is 2.82. The molecule has 3 heterocycles. The summed E-state index contributed by atoms with van der Waals surface area (Å²) in [5.41, 5.74) is 0.324. The van der Waals surface area contributed by atoms with Crippen molar-refractivity contribution in [2.75, 3.05) is 0 Å². The molecule has 4 atom stereocenters. The number of aromatic nitrogens is 3. The molecule has 0 amide bonds. The van der Waals surface area contributed by atoms with Crippen LogP contribution in [0, 0.1) is 16.2 Å². The maximum atomic E-state index is 12.5. The van der Waals surface area contributed by atoms with Gasteiger partial charge in [0.2, 0.25) is 0 Å². The first-order valence-corrected chi connectivity index (χ1v) is 7.83. The number of hydrogen-bond donors (Lipinski definition) is 0. The Morgan fingerprint density at radius 1 is 0.952 bits per heavy atom. The van der Waals surface area contributed by atoms with Gasteiger partial charge in [0.15, 0.2) is 0 Å². The van der Waals surface area contributed by atoms with E-state index in [1.807, 2.05) is 0 Å². The van der Waals surface area contributed by atoms with Crippen molar-refractivity contribution >= 4 is 0 Å². The molecule has 1 spiro atoms. The van der Waals surface area contributed by atoms with Gasteiger partial charge in [0, 0.05) is 17.9 Å². The van der Waals surface area contributed by atoms with Crippen LogP contribution < -0.4 is 11.4 Å². The molecule has 1 aromatic heterocycles. The van der Waals surface area contributed by atoms with Gasteiger partial charge < -0.3 is 0 Å². The summed E-state index contributed by atoms with van der Waals surface area (Å²) < 4.78 is 4.72. The Morgan fingerprint density at radius 3 is 1.81 bits per heavy atom. The fraction of sp³-hybridized carbons (Fsp3) is 0.625. The summed E-state index contributed by atoms with van der Waals surface area (Å²) in [6.07, 6.45) is 14.1. The average Bonchev–Trinajstić information content (AvgIpc) is 3.12. The summed E-state index contributed by atoms with van der Waals surface area (Å²) in [4.78, 5) is 25.0. The second-order valence-electron chi connectivity index (χ2n) is 7.86. The first-order valence-electron chi connectivity index (χ1n) is 7.83. The van der Waals surface area contributed by atoms with E-state index in [-0.39, 0.29) is 34.3 Å². The lowest BCUT2D eigenvalue weighted by molar-refractivity contribution is -0.0229. The molecule has 0 N–H and O–H groups in total. The molecule has 21 heavy (non-hydrogen) atoms. The minimum absolute atomic E-state index is 0.0221. The van der Waals surface area contributed by atoms with Crippen LogP contribution in [0.25, 0.3) is 0 Å². The number of allylic oxidation sites excluding steroid dienone is 4. The first kappa shape index (κ1) is 10.9. The van der Waals surface area contributed by atoms with Crippen molar-refractivity contribution in [1.82, 2.24) is 13.9 Å². The Morgan fingerprint density at radius 2 is 1.43 bits per heavy atom. The second-order valence-corrected chi connectivity index (χ2v) is 7.86. The number of nitrogens with zero attached hydrogens (tertiary/aromatic N) is 3. The van der Waals surface area contributed by atoms with Crippen LogP contribution in [0.1, 0.15) is 37.8 Å². The highest BCUT2D eigenvalue weighted by Gasteiger charge is 2.76. The Hall–Kier alpha value is -1.78. The molecule has 0 aromatic carbocycles. The molecule has 6 aliphatic rings. The highest BCUT2D eigenvalue weighted by molar-refractivity contribution is 5.44. The summed E-state index contributed by atoms with van der Waals surface area (Å²) >= 11 is 0. The Kier molecular flexibility index (Phi) is 1.37. The topological polar surface area (TPSA) is 48.9 Å². The van der Waals surface area contributed by atoms with Crippen LogP contribution in [0.2, 0.25) is 0 Å². The zero-order valence-corrected chi connectivity index (χ0v) is 12.0. The maximum Gasteiger partial charge on any atom is 0.347 e. The zero-order valence-electron chi connectivity index (χ0n) is 12.0. The fourth-order valence-electron chi connectivity index (χ4n) is 5.98. The average molecular weight is 283 g/mol. The van der Waals surface area contributed by atoms with E-state index in [9.17, 15) is 9.59 Å². The van der Waals surface area contributed by atoms with E-state index in [0.29, 0.717) is 5.41 Å². The molecule has 2 bridgehead atoms. The predicted octanol–water partition coefficient (Wildman–Crippen LogP) is 1.13. The van der Waals surface area contributed by atoms with Crippen molar-refractivity contribution in [1.29, 1.82) is 0 Å². The molecule has 7 rings (SSSR count). The first-order chi connectivity index (χ1) is 10.0. The van der Waals surface area contributed by atoms with Gasteiger partial charge in [0.1, 0.15) is 0 Å². The molecule has 2 saturated carbocycles. The molecule has 5 heteroatoms. The van der Waals surface area contributed by atoms with Gasteiger partial charge in [-0.05, 0) is 31.1 Å². The summed E-state index contributed by atoms with van der Waals surface area (Å²) in [6, 6.07) is 0.0442. The predicted molar refractivity (Wildman–Crippen MR) is 76.1 cm³/mol. The second kappa shape index (κ2) is 2.64. The summed E-state index contributed by atoms with van der Waals surface area (Å²) in [5, 5.41) is 0. The Labute approximate surface area is 121 Å². The fourth-order valence-corrected chi connectivity index (χ4v) is 5.98. The van der Waals surface area contributed by atoms with E-state index in [4.69, 9.17) is 0 Å². The van der Waals surface area contributed by atoms with Gasteiger partial charge >= 0.3 is 11.4 Å². The minimum atomic E-state index is -0.167. The zero-order chi connectivity index (χ0) is 14.2. The third-order valence-electron chi connectivity index (χ3n) is 7.09. The number of hydrogen-bond acceptors (Lipinski definition) is 2. The Bertz CT molecular complexity index is 828. The Balaban J connectivity index is 1.72. The van der Waals surface area contributed by atoms with E-state index >= 15 is 0 Å². The molecule has 0 saturated heterocycles. The lowest BCUT2D eigenvalue weighted by Gasteiger charge is -2.61. The number of rotatable bonds is 0. The van der Waals surface area contributed by atoms with Crippen molar-refractivity contribution in [3.63, 3.8) is 0 Å². The smallest absolute Gasteiger partial charge is 0.246 e. The van der Waals surface area contributed by atoms with Gasteiger partial charge in [-0.2, -0.15) is 0 Å². The molecule has 0 radical (unpaired) electrons. The molecule has 1 aromatic rings. The molecular formula is C16H17N3O2. The third kappa shape index (κ3) is 0.825. The van der Waals surface area contributed by atoms with Gasteiger partial charge in [0.05, 0.1) is 12.1 Å². The van der Waals surface area contributed by atoms with Gasteiger partial charge in [-0.1, -0.05) is 24.3 Å². The SMILES string of the molecule is Cn1c(=O)n2n(c1=O)[C@@H]1C=C[C@H]2[C@]23C=C[C@]12CC1(CC1)C3. The molecule has 2 aliphatic heterocycles. The normalized spacial score (nSPS) is 45.4. The van der Waals surface area contributed by atoms with E-state index in [1.54, 1.807) is 16.4 Å². The van der Waals surface area contributed by atoms with Gasteiger partial charge in [-0.25, -0.2) is 23.5 Å². The lowest BCUT2D eigenvalue weighted by atomic mass is 9.48. The standard InChI is InChI=1S/C16H17N3O2/c1-17-12(20)18-10-2-3-11(19(18)13(17)21)16-7-6-15(10,16)8-14(9-16)4-5-14/h2-3,6-7,10-11H,4-5,8-9H2,1H3/t10-,11+,15+,16-. The van der Waals surface area contributed by atoms with Crippen LogP contribution in [0.4, 0.5) is 0 Å². The highest BCUT2D eigenvalue weighted by atomic mass is 16.2. The maximum absolute atomic E-state index is 12.5. The molecule has 0 unspecified atom stereocenters. The van der Waals surface area contributed by atoms with Crippen LogP contribution in [-0.2, 0) is 7.05 Å². The largest absolute Gasteiger partial charge is 0.347 e. The minimum Gasteiger partial charge on any atom is -0.246 e. The quantitative estimate of drug-likeness (QED) is 0.670. The monoisotopic (exact) mass is 283 g/mol. The van der Waals surface area contributed by atoms with Crippen molar-refractivity contribution < 1.29 is 0 Å². The van der Waals surface area contributed by atoms with E-state index < -0.39 is 0 Å². The molecule has 4 aliphatic carbocycles. The van der Waals surface area contributed by atoms with Crippen molar-refractivity contribution in [3.8, 4) is 0 Å². The van der Waals surface area contributed by atoms with E-state index in [0.717, 1.165) is 0 Å². The van der Waals surface area contributed by atoms with Crippen LogP contribution >= 0.6 is 0 Å². The van der Waals surface area contributed by atoms with Gasteiger partial charge in [-0.3, -0.25) is 0 Å². The van der Waals surface area contributed by atoms with Crippen LogP contribution in [0.15, 0.2) is 33.9 Å².